The van der Waals surface area contributed by atoms with Crippen molar-refractivity contribution in [3.8, 4) is 16.5 Å². The molecule has 35 heavy (non-hydrogen) atoms. The van der Waals surface area contributed by atoms with Gasteiger partial charge in [-0.1, -0.05) is 84.9 Å². The van der Waals surface area contributed by atoms with Crippen LogP contribution in [-0.2, 0) is 4.79 Å². The van der Waals surface area contributed by atoms with Crippen LogP contribution in [0.15, 0.2) is 103 Å². The number of hydrogen-bond donors (Lipinski definition) is 1. The van der Waals surface area contributed by atoms with Crippen LogP contribution in [0.5, 0.6) is 0 Å². The van der Waals surface area contributed by atoms with Crippen LogP contribution >= 0.6 is 22.7 Å². The van der Waals surface area contributed by atoms with Gasteiger partial charge in [-0.15, -0.1) is 22.7 Å². The molecule has 3 nitrogen and oxygen atoms in total. The lowest BCUT2D eigenvalue weighted by Gasteiger charge is -2.09. The minimum atomic E-state index is -1.21. The Morgan fingerprint density at radius 3 is 1.91 bits per heavy atom. The molecule has 1 N–H and O–H groups in total. The second-order valence-corrected chi connectivity index (χ2v) is 10.1. The summed E-state index contributed by atoms with van der Waals surface area (Å²) >= 11 is 3.15. The van der Waals surface area contributed by atoms with Gasteiger partial charge in [-0.05, 0) is 52.1 Å². The second-order valence-electron chi connectivity index (χ2n) is 7.87. The lowest BCUT2D eigenvalue weighted by Crippen LogP contribution is -1.96. The number of aliphatic carboxylic acids is 1. The number of carboxylic acids is 1. The quantitative estimate of drug-likeness (QED) is 0.148. The van der Waals surface area contributed by atoms with Crippen LogP contribution < -0.4 is 0 Å². The first-order chi connectivity index (χ1) is 17.1. The largest absolute Gasteiger partial charge is 0.477 e. The molecule has 3 aromatic carbocycles. The molecule has 2 aromatic heterocycles. The fourth-order valence-electron chi connectivity index (χ4n) is 3.83. The van der Waals surface area contributed by atoms with Crippen LogP contribution in [0.25, 0.3) is 37.6 Å². The van der Waals surface area contributed by atoms with Crippen molar-refractivity contribution in [2.75, 3.05) is 0 Å². The molecule has 0 unspecified atom stereocenters. The number of hydrogen-bond acceptors (Lipinski definition) is 4. The lowest BCUT2D eigenvalue weighted by molar-refractivity contribution is -0.132. The van der Waals surface area contributed by atoms with Crippen molar-refractivity contribution in [3.05, 3.63) is 124 Å². The average Bonchev–Trinajstić information content (AvgIpc) is 3.46. The van der Waals surface area contributed by atoms with Gasteiger partial charge in [-0.3, -0.25) is 0 Å². The van der Waals surface area contributed by atoms with Gasteiger partial charge < -0.3 is 5.11 Å². The van der Waals surface area contributed by atoms with E-state index >= 15 is 0 Å². The maximum absolute atomic E-state index is 11.1. The van der Waals surface area contributed by atoms with Crippen LogP contribution in [0.1, 0.15) is 21.6 Å². The molecule has 0 radical (unpaired) electrons. The molecule has 2 heterocycles. The highest BCUT2D eigenvalue weighted by atomic mass is 32.1. The molecule has 0 aliphatic rings. The molecule has 0 spiro atoms. The van der Waals surface area contributed by atoms with Crippen molar-refractivity contribution >= 4 is 55.8 Å². The Labute approximate surface area is 211 Å². The Kier molecular flexibility index (Phi) is 6.40. The third-order valence-corrected chi connectivity index (χ3v) is 7.83. The van der Waals surface area contributed by atoms with Crippen molar-refractivity contribution in [1.29, 1.82) is 5.26 Å². The lowest BCUT2D eigenvalue weighted by atomic mass is 9.95. The van der Waals surface area contributed by atoms with E-state index in [0.29, 0.717) is 0 Å². The van der Waals surface area contributed by atoms with Gasteiger partial charge in [0.2, 0.25) is 0 Å². The third-order valence-electron chi connectivity index (χ3n) is 5.54. The summed E-state index contributed by atoms with van der Waals surface area (Å²) in [4.78, 5) is 13.0. The molecule has 0 fully saturated rings. The zero-order valence-electron chi connectivity index (χ0n) is 18.5. The number of rotatable bonds is 6. The van der Waals surface area contributed by atoms with E-state index in [1.165, 1.54) is 34.1 Å². The number of nitrogens with zero attached hydrogens (tertiary/aromatic N) is 1. The van der Waals surface area contributed by atoms with Gasteiger partial charge in [-0.2, -0.15) is 5.26 Å². The number of carboxylic acid groups (broad SMARTS) is 1. The number of carbonyl (C=O) groups is 1. The van der Waals surface area contributed by atoms with Crippen molar-refractivity contribution in [2.45, 2.75) is 0 Å². The Hall–Kier alpha value is -4.24. The first-order valence-corrected chi connectivity index (χ1v) is 12.6. The van der Waals surface area contributed by atoms with E-state index in [4.69, 9.17) is 10.4 Å². The van der Waals surface area contributed by atoms with Crippen LogP contribution in [0.3, 0.4) is 0 Å². The zero-order chi connectivity index (χ0) is 24.2. The summed E-state index contributed by atoms with van der Waals surface area (Å²) in [5, 5.41) is 18.1. The summed E-state index contributed by atoms with van der Waals surface area (Å²) in [6, 6.07) is 35.1. The van der Waals surface area contributed by atoms with Crippen LogP contribution in [-0.4, -0.2) is 11.1 Å². The Bertz CT molecular complexity index is 1530. The molecule has 5 aromatic rings. The molecule has 0 saturated carbocycles. The maximum atomic E-state index is 11.1. The van der Waals surface area contributed by atoms with E-state index in [-0.39, 0.29) is 5.57 Å². The molecule has 0 atom stereocenters. The van der Waals surface area contributed by atoms with Gasteiger partial charge in [0.25, 0.3) is 0 Å². The minimum Gasteiger partial charge on any atom is -0.477 e. The molecule has 0 saturated heterocycles. The summed E-state index contributed by atoms with van der Waals surface area (Å²) in [5.74, 6) is -1.21. The fraction of sp³-hybridized carbons (Fsp3) is 0. The smallest absolute Gasteiger partial charge is 0.346 e. The number of nitriles is 1. The highest BCUT2D eigenvalue weighted by molar-refractivity contribution is 7.29. The van der Waals surface area contributed by atoms with E-state index in [1.54, 1.807) is 17.4 Å². The molecule has 0 aliphatic heterocycles. The topological polar surface area (TPSA) is 61.1 Å². The first kappa shape index (κ1) is 22.5. The van der Waals surface area contributed by atoms with Gasteiger partial charge >= 0.3 is 5.97 Å². The van der Waals surface area contributed by atoms with Crippen molar-refractivity contribution in [2.24, 2.45) is 0 Å². The molecule has 5 rings (SSSR count). The monoisotopic (exact) mass is 489 g/mol. The van der Waals surface area contributed by atoms with Gasteiger partial charge in [0.05, 0.1) is 0 Å². The SMILES string of the molecule is N#C/C(=C\c1cc2sc(-c3ccc(C=C(c4ccccc4)c4ccccc4)cc3)cc2s1)C(=O)O. The highest BCUT2D eigenvalue weighted by Crippen LogP contribution is 2.39. The molecule has 0 amide bonds. The van der Waals surface area contributed by atoms with Gasteiger partial charge in [-0.25, -0.2) is 4.79 Å². The normalized spacial score (nSPS) is 11.2. The van der Waals surface area contributed by atoms with Crippen LogP contribution in [0.4, 0.5) is 0 Å². The third kappa shape index (κ3) is 4.99. The van der Waals surface area contributed by atoms with Crippen LogP contribution in [0.2, 0.25) is 0 Å². The molecule has 0 aliphatic carbocycles. The molecule has 168 valence electrons. The summed E-state index contributed by atoms with van der Waals surface area (Å²) in [7, 11) is 0. The summed E-state index contributed by atoms with van der Waals surface area (Å²) in [6.07, 6.45) is 3.65. The standard InChI is InChI=1S/C30H19NO2S2/c31-19-24(30(32)33)16-25-17-28-29(34-25)18-27(35-28)23-13-11-20(12-14-23)15-26(21-7-3-1-4-8-21)22-9-5-2-6-10-22/h1-18H,(H,32,33)/b24-16+. The number of fused-ring (bicyclic) bond motifs is 1. The van der Waals surface area contributed by atoms with Crippen molar-refractivity contribution in [1.82, 2.24) is 0 Å². The molecular formula is C30H19NO2S2. The predicted octanol–water partition coefficient (Wildman–Crippen LogP) is 8.21. The summed E-state index contributed by atoms with van der Waals surface area (Å²) in [5.41, 5.74) is 5.53. The fourth-order valence-corrected chi connectivity index (χ4v) is 6.19. The van der Waals surface area contributed by atoms with E-state index in [0.717, 1.165) is 30.3 Å². The Morgan fingerprint density at radius 1 is 0.771 bits per heavy atom. The minimum absolute atomic E-state index is 0.256. The molecule has 0 bridgehead atoms. The Morgan fingerprint density at radius 2 is 1.37 bits per heavy atom. The average molecular weight is 490 g/mol. The number of thiophene rings is 2. The Balaban J connectivity index is 1.44. The van der Waals surface area contributed by atoms with E-state index in [9.17, 15) is 4.79 Å². The second kappa shape index (κ2) is 9.94. The van der Waals surface area contributed by atoms with Crippen LogP contribution in [0, 0.1) is 11.3 Å². The molecular weight excluding hydrogens is 470 g/mol. The molecule has 5 heteroatoms. The first-order valence-electron chi connectivity index (χ1n) is 10.9. The van der Waals surface area contributed by atoms with Gasteiger partial charge in [0, 0.05) is 19.2 Å². The van der Waals surface area contributed by atoms with E-state index in [1.807, 2.05) is 18.2 Å². The van der Waals surface area contributed by atoms with Crippen molar-refractivity contribution in [3.63, 3.8) is 0 Å². The number of benzene rings is 3. The summed E-state index contributed by atoms with van der Waals surface area (Å²) in [6.45, 7) is 0. The zero-order valence-corrected chi connectivity index (χ0v) is 20.1. The van der Waals surface area contributed by atoms with E-state index in [2.05, 4.69) is 84.9 Å². The predicted molar refractivity (Wildman–Crippen MR) is 146 cm³/mol. The summed E-state index contributed by atoms with van der Waals surface area (Å²) < 4.78 is 2.16. The highest BCUT2D eigenvalue weighted by Gasteiger charge is 2.11. The van der Waals surface area contributed by atoms with E-state index < -0.39 is 5.97 Å². The maximum Gasteiger partial charge on any atom is 0.346 e. The van der Waals surface area contributed by atoms with Gasteiger partial charge in [0.1, 0.15) is 11.6 Å². The van der Waals surface area contributed by atoms with Gasteiger partial charge in [0.15, 0.2) is 0 Å². The van der Waals surface area contributed by atoms with Crippen molar-refractivity contribution < 1.29 is 9.90 Å².